The van der Waals surface area contributed by atoms with Gasteiger partial charge in [-0.1, -0.05) is 44.5 Å². The van der Waals surface area contributed by atoms with Crippen LogP contribution >= 0.6 is 0 Å². The summed E-state index contributed by atoms with van der Waals surface area (Å²) in [7, 11) is 2.27. The van der Waals surface area contributed by atoms with Crippen molar-refractivity contribution >= 4 is 0 Å². The Morgan fingerprint density at radius 2 is 1.76 bits per heavy atom. The molecule has 1 rings (SSSR count). The van der Waals surface area contributed by atoms with Gasteiger partial charge in [-0.15, -0.1) is 0 Å². The summed E-state index contributed by atoms with van der Waals surface area (Å²) in [6.07, 6.45) is 3.62. The number of hydrogen-bond acceptors (Lipinski definition) is 2. The van der Waals surface area contributed by atoms with E-state index in [4.69, 9.17) is 0 Å². The zero-order chi connectivity index (χ0) is 15.8. The van der Waals surface area contributed by atoms with Crippen LogP contribution in [-0.2, 0) is 0 Å². The normalized spacial score (nSPS) is 13.1. The first kappa shape index (κ1) is 18.2. The molecule has 1 unspecified atom stereocenters. The second kappa shape index (κ2) is 9.22. The summed E-state index contributed by atoms with van der Waals surface area (Å²) in [6.45, 7) is 13.4. The zero-order valence-electron chi connectivity index (χ0n) is 14.9. The Hall–Kier alpha value is -0.860. The van der Waals surface area contributed by atoms with Crippen LogP contribution in [0.4, 0.5) is 0 Å². The van der Waals surface area contributed by atoms with Gasteiger partial charge in [-0.3, -0.25) is 0 Å². The van der Waals surface area contributed by atoms with Crippen molar-refractivity contribution in [2.45, 2.75) is 66.0 Å². The van der Waals surface area contributed by atoms with E-state index in [-0.39, 0.29) is 0 Å². The number of nitrogens with one attached hydrogen (secondary N) is 1. The fraction of sp³-hybridized carbons (Fsp3) is 0.684. The van der Waals surface area contributed by atoms with Crippen molar-refractivity contribution in [3.63, 3.8) is 0 Å². The summed E-state index contributed by atoms with van der Waals surface area (Å²) in [5, 5.41) is 3.74. The van der Waals surface area contributed by atoms with Crippen molar-refractivity contribution in [3.05, 3.63) is 34.9 Å². The molecular weight excluding hydrogens is 256 g/mol. The van der Waals surface area contributed by atoms with Gasteiger partial charge in [-0.2, -0.15) is 0 Å². The number of likely N-dealkylation sites (N-methyl/N-ethyl adjacent to an activating group) is 1. The predicted octanol–water partition coefficient (Wildman–Crippen LogP) is 4.46. The maximum Gasteiger partial charge on any atom is 0.0451 e. The highest BCUT2D eigenvalue weighted by Crippen LogP contribution is 2.21. The number of rotatable bonds is 9. The number of aryl methyl sites for hydroxylation is 2. The molecule has 1 aromatic carbocycles. The van der Waals surface area contributed by atoms with E-state index in [9.17, 15) is 0 Å². The molecule has 0 aliphatic carbocycles. The lowest BCUT2D eigenvalue weighted by Crippen LogP contribution is -2.39. The first-order valence-corrected chi connectivity index (χ1v) is 8.54. The minimum Gasteiger partial charge on any atom is -0.309 e. The first-order valence-electron chi connectivity index (χ1n) is 8.54. The molecule has 1 N–H and O–H groups in total. The van der Waals surface area contributed by atoms with Crippen LogP contribution in [0, 0.1) is 13.8 Å². The van der Waals surface area contributed by atoms with Crippen LogP contribution in [0.15, 0.2) is 18.2 Å². The predicted molar refractivity (Wildman–Crippen MR) is 94.0 cm³/mol. The molecule has 0 aliphatic heterocycles. The summed E-state index contributed by atoms with van der Waals surface area (Å²) in [6, 6.07) is 7.95. The zero-order valence-corrected chi connectivity index (χ0v) is 14.9. The molecule has 1 aromatic rings. The molecular formula is C19H34N2. The highest BCUT2D eigenvalue weighted by atomic mass is 15.2. The van der Waals surface area contributed by atoms with Gasteiger partial charge in [0.05, 0.1) is 0 Å². The summed E-state index contributed by atoms with van der Waals surface area (Å²) < 4.78 is 0. The van der Waals surface area contributed by atoms with Crippen LogP contribution < -0.4 is 5.32 Å². The molecule has 0 heterocycles. The Morgan fingerprint density at radius 3 is 2.29 bits per heavy atom. The van der Waals surface area contributed by atoms with E-state index in [2.05, 4.69) is 70.1 Å². The fourth-order valence-corrected chi connectivity index (χ4v) is 3.16. The van der Waals surface area contributed by atoms with E-state index in [0.717, 1.165) is 13.1 Å². The van der Waals surface area contributed by atoms with Gasteiger partial charge >= 0.3 is 0 Å². The Balaban J connectivity index is 2.89. The van der Waals surface area contributed by atoms with Gasteiger partial charge in [0.15, 0.2) is 0 Å². The van der Waals surface area contributed by atoms with Crippen molar-refractivity contribution in [3.8, 4) is 0 Å². The maximum atomic E-state index is 3.74. The summed E-state index contributed by atoms with van der Waals surface area (Å²) in [5.41, 5.74) is 4.20. The molecule has 2 heteroatoms. The Morgan fingerprint density at radius 1 is 1.10 bits per heavy atom. The average molecular weight is 290 g/mol. The van der Waals surface area contributed by atoms with Gasteiger partial charge < -0.3 is 10.2 Å². The summed E-state index contributed by atoms with van der Waals surface area (Å²) >= 11 is 0. The minimum absolute atomic E-state index is 0.427. The van der Waals surface area contributed by atoms with Crippen LogP contribution in [0.25, 0.3) is 0 Å². The first-order chi connectivity index (χ1) is 10.0. The number of hydrogen-bond donors (Lipinski definition) is 1. The largest absolute Gasteiger partial charge is 0.309 e. The SMILES string of the molecule is CCCNC(CN(C)C(CC)CC)c1ccc(C)cc1C. The second-order valence-corrected chi connectivity index (χ2v) is 6.28. The van der Waals surface area contributed by atoms with Gasteiger partial charge in [-0.25, -0.2) is 0 Å². The lowest BCUT2D eigenvalue weighted by molar-refractivity contribution is 0.206. The average Bonchev–Trinajstić information content (AvgIpc) is 2.45. The topological polar surface area (TPSA) is 15.3 Å². The molecule has 0 bridgehead atoms. The van der Waals surface area contributed by atoms with Crippen molar-refractivity contribution < 1.29 is 0 Å². The van der Waals surface area contributed by atoms with E-state index in [1.54, 1.807) is 0 Å². The second-order valence-electron chi connectivity index (χ2n) is 6.28. The summed E-state index contributed by atoms with van der Waals surface area (Å²) in [4.78, 5) is 2.52. The lowest BCUT2D eigenvalue weighted by Gasteiger charge is -2.31. The van der Waals surface area contributed by atoms with E-state index >= 15 is 0 Å². The third kappa shape index (κ3) is 5.44. The van der Waals surface area contributed by atoms with Gasteiger partial charge in [0, 0.05) is 18.6 Å². The van der Waals surface area contributed by atoms with Crippen molar-refractivity contribution in [1.82, 2.24) is 10.2 Å². The molecule has 0 saturated heterocycles. The molecule has 0 fully saturated rings. The van der Waals surface area contributed by atoms with Crippen LogP contribution in [0.5, 0.6) is 0 Å². The quantitative estimate of drug-likeness (QED) is 0.722. The van der Waals surface area contributed by atoms with Gasteiger partial charge in [0.1, 0.15) is 0 Å². The molecule has 21 heavy (non-hydrogen) atoms. The van der Waals surface area contributed by atoms with Crippen LogP contribution in [0.2, 0.25) is 0 Å². The third-order valence-corrected chi connectivity index (χ3v) is 4.48. The molecule has 2 nitrogen and oxygen atoms in total. The highest BCUT2D eigenvalue weighted by Gasteiger charge is 2.18. The molecule has 120 valence electrons. The highest BCUT2D eigenvalue weighted by molar-refractivity contribution is 5.33. The van der Waals surface area contributed by atoms with Crippen molar-refractivity contribution in [2.24, 2.45) is 0 Å². The van der Waals surface area contributed by atoms with E-state index in [1.807, 2.05) is 0 Å². The standard InChI is InChI=1S/C19H34N2/c1-7-12-20-19(14-21(6)17(8-2)9-3)18-11-10-15(4)13-16(18)5/h10-11,13,17,19-20H,7-9,12,14H2,1-6H3. The van der Waals surface area contributed by atoms with E-state index in [0.29, 0.717) is 12.1 Å². The Labute approximate surface area is 131 Å². The van der Waals surface area contributed by atoms with E-state index in [1.165, 1.54) is 36.0 Å². The maximum absolute atomic E-state index is 3.74. The van der Waals surface area contributed by atoms with Crippen molar-refractivity contribution in [2.75, 3.05) is 20.1 Å². The number of nitrogens with zero attached hydrogens (tertiary/aromatic N) is 1. The summed E-state index contributed by atoms with van der Waals surface area (Å²) in [5.74, 6) is 0. The monoisotopic (exact) mass is 290 g/mol. The smallest absolute Gasteiger partial charge is 0.0451 e. The molecule has 0 radical (unpaired) electrons. The van der Waals surface area contributed by atoms with Crippen molar-refractivity contribution in [1.29, 1.82) is 0 Å². The number of benzene rings is 1. The van der Waals surface area contributed by atoms with Gasteiger partial charge in [0.25, 0.3) is 0 Å². The molecule has 0 amide bonds. The Kier molecular flexibility index (Phi) is 7.98. The van der Waals surface area contributed by atoms with Gasteiger partial charge in [-0.05, 0) is 57.8 Å². The Bertz CT molecular complexity index is 410. The molecule has 0 aromatic heterocycles. The van der Waals surface area contributed by atoms with E-state index < -0.39 is 0 Å². The van der Waals surface area contributed by atoms with Crippen LogP contribution in [-0.4, -0.2) is 31.1 Å². The molecule has 0 aliphatic rings. The minimum atomic E-state index is 0.427. The van der Waals surface area contributed by atoms with Crippen LogP contribution in [0.3, 0.4) is 0 Å². The molecule has 1 atom stereocenters. The molecule has 0 spiro atoms. The lowest BCUT2D eigenvalue weighted by atomic mass is 9.98. The fourth-order valence-electron chi connectivity index (χ4n) is 3.16. The van der Waals surface area contributed by atoms with Gasteiger partial charge in [0.2, 0.25) is 0 Å². The van der Waals surface area contributed by atoms with Crippen LogP contribution in [0.1, 0.15) is 62.8 Å². The third-order valence-electron chi connectivity index (χ3n) is 4.48. The molecule has 0 saturated carbocycles.